The predicted molar refractivity (Wildman–Crippen MR) is 123 cm³/mol. The van der Waals surface area contributed by atoms with E-state index in [1.54, 1.807) is 0 Å². The highest BCUT2D eigenvalue weighted by atomic mass is 32.2. The zero-order chi connectivity index (χ0) is 24.0. The molecule has 1 aliphatic rings. The Labute approximate surface area is 191 Å². The largest absolute Gasteiger partial charge is 0.501 e. The number of pyridine rings is 1. The number of sulfone groups is 1. The van der Waals surface area contributed by atoms with Gasteiger partial charge in [0.2, 0.25) is 0 Å². The molecule has 3 aromatic rings. The van der Waals surface area contributed by atoms with Crippen LogP contribution in [-0.4, -0.2) is 57.2 Å². The van der Waals surface area contributed by atoms with Crippen LogP contribution in [0.5, 0.6) is 0 Å². The van der Waals surface area contributed by atoms with Crippen molar-refractivity contribution < 1.29 is 21.6 Å². The van der Waals surface area contributed by atoms with Crippen LogP contribution in [0.2, 0.25) is 0 Å². The van der Waals surface area contributed by atoms with Gasteiger partial charge in [0.15, 0.2) is 0 Å². The van der Waals surface area contributed by atoms with E-state index in [0.29, 0.717) is 25.4 Å². The van der Waals surface area contributed by atoms with Crippen molar-refractivity contribution in [3.05, 3.63) is 60.3 Å². The Morgan fingerprint density at radius 3 is 2.39 bits per heavy atom. The smallest absolute Gasteiger partial charge is 0.376 e. The van der Waals surface area contributed by atoms with E-state index in [-0.39, 0.29) is 6.04 Å². The average molecular weight is 479 g/mol. The summed E-state index contributed by atoms with van der Waals surface area (Å²) in [7, 11) is -1.40. The molecule has 0 amide bonds. The van der Waals surface area contributed by atoms with Crippen LogP contribution in [0.4, 0.5) is 24.5 Å². The lowest BCUT2D eigenvalue weighted by Gasteiger charge is -2.25. The van der Waals surface area contributed by atoms with E-state index in [1.165, 1.54) is 12.1 Å². The number of anilines is 2. The van der Waals surface area contributed by atoms with Crippen molar-refractivity contribution in [3.63, 3.8) is 0 Å². The zero-order valence-corrected chi connectivity index (χ0v) is 19.4. The summed E-state index contributed by atoms with van der Waals surface area (Å²) >= 11 is 0. The summed E-state index contributed by atoms with van der Waals surface area (Å²) < 4.78 is 61.7. The van der Waals surface area contributed by atoms with E-state index >= 15 is 0 Å². The SMILES string of the molecule is CC1CN(c2ccc(S(=O)(=O)C(F)(F)F)cc2)CN1Cc1c(N(C)C)cnc2ccccc12. The van der Waals surface area contributed by atoms with Crippen LogP contribution in [0.3, 0.4) is 0 Å². The number of fused-ring (bicyclic) bond motifs is 1. The number of nitrogens with zero attached hydrogens (tertiary/aromatic N) is 4. The van der Waals surface area contributed by atoms with E-state index in [9.17, 15) is 21.6 Å². The molecule has 176 valence electrons. The van der Waals surface area contributed by atoms with Crippen molar-refractivity contribution in [1.82, 2.24) is 9.88 Å². The van der Waals surface area contributed by atoms with Gasteiger partial charge in [-0.25, -0.2) is 8.42 Å². The van der Waals surface area contributed by atoms with Gasteiger partial charge in [-0.1, -0.05) is 18.2 Å². The van der Waals surface area contributed by atoms with Gasteiger partial charge in [-0.2, -0.15) is 13.2 Å². The molecule has 1 atom stereocenters. The van der Waals surface area contributed by atoms with Crippen LogP contribution in [0.15, 0.2) is 59.6 Å². The van der Waals surface area contributed by atoms with Crippen molar-refractivity contribution >= 4 is 32.1 Å². The minimum Gasteiger partial charge on any atom is -0.376 e. The van der Waals surface area contributed by atoms with E-state index in [4.69, 9.17) is 0 Å². The Morgan fingerprint density at radius 2 is 1.76 bits per heavy atom. The molecule has 2 heterocycles. The first kappa shape index (κ1) is 23.3. The average Bonchev–Trinajstić information content (AvgIpc) is 3.13. The van der Waals surface area contributed by atoms with Gasteiger partial charge in [0, 0.05) is 49.9 Å². The van der Waals surface area contributed by atoms with E-state index in [0.717, 1.165) is 34.3 Å². The number of rotatable bonds is 5. The highest BCUT2D eigenvalue weighted by molar-refractivity contribution is 7.92. The molecule has 1 unspecified atom stereocenters. The second kappa shape index (κ2) is 8.49. The van der Waals surface area contributed by atoms with Crippen LogP contribution in [0, 0.1) is 0 Å². The van der Waals surface area contributed by atoms with Crippen molar-refractivity contribution in [3.8, 4) is 0 Å². The molecule has 0 spiro atoms. The topological polar surface area (TPSA) is 56.8 Å². The van der Waals surface area contributed by atoms with Crippen LogP contribution >= 0.6 is 0 Å². The standard InChI is InChI=1S/C23H25F3N4O2S/c1-16-13-30(17-8-10-18(11-9-17)33(31,32)23(24,25)26)15-29(16)14-20-19-6-4-5-7-21(19)27-12-22(20)28(2)3/h4-12,16H,13-15H2,1-3H3. The van der Waals surface area contributed by atoms with Crippen LogP contribution in [-0.2, 0) is 16.4 Å². The molecule has 4 rings (SSSR count). The summed E-state index contributed by atoms with van der Waals surface area (Å²) in [6.45, 7) is 4.01. The molecule has 0 bridgehead atoms. The number of hydrogen-bond donors (Lipinski definition) is 0. The second-order valence-electron chi connectivity index (χ2n) is 8.44. The molecule has 1 aliphatic heterocycles. The fraction of sp³-hybridized carbons (Fsp3) is 0.348. The molecule has 0 radical (unpaired) electrons. The van der Waals surface area contributed by atoms with Crippen LogP contribution in [0.25, 0.3) is 10.9 Å². The van der Waals surface area contributed by atoms with Gasteiger partial charge in [-0.05, 0) is 37.3 Å². The lowest BCUT2D eigenvalue weighted by atomic mass is 10.1. The molecule has 0 N–H and O–H groups in total. The third-order valence-electron chi connectivity index (χ3n) is 5.98. The zero-order valence-electron chi connectivity index (χ0n) is 18.5. The Morgan fingerprint density at radius 1 is 1.09 bits per heavy atom. The first-order chi connectivity index (χ1) is 15.5. The van der Waals surface area contributed by atoms with Crippen LogP contribution < -0.4 is 9.80 Å². The summed E-state index contributed by atoms with van der Waals surface area (Å²) in [6.07, 6.45) is 1.87. The molecule has 1 aromatic heterocycles. The van der Waals surface area contributed by atoms with Crippen molar-refractivity contribution in [2.24, 2.45) is 0 Å². The van der Waals surface area contributed by atoms with Crippen molar-refractivity contribution in [2.45, 2.75) is 29.9 Å². The van der Waals surface area contributed by atoms with Gasteiger partial charge >= 0.3 is 5.51 Å². The summed E-state index contributed by atoms with van der Waals surface area (Å²) in [4.78, 5) is 10.2. The number of para-hydroxylation sites is 1. The van der Waals surface area contributed by atoms with E-state index < -0.39 is 20.2 Å². The number of halogens is 3. The van der Waals surface area contributed by atoms with Crippen molar-refractivity contribution in [2.75, 3.05) is 37.1 Å². The lowest BCUT2D eigenvalue weighted by Crippen LogP contribution is -2.29. The second-order valence-corrected chi connectivity index (χ2v) is 10.4. The first-order valence-corrected chi connectivity index (χ1v) is 11.9. The molecule has 2 aromatic carbocycles. The van der Waals surface area contributed by atoms with Crippen molar-refractivity contribution in [1.29, 1.82) is 0 Å². The summed E-state index contributed by atoms with van der Waals surface area (Å²) in [5.41, 5.74) is -1.53. The molecule has 1 saturated heterocycles. The molecule has 0 saturated carbocycles. The summed E-state index contributed by atoms with van der Waals surface area (Å²) in [5, 5.41) is 1.08. The maximum absolute atomic E-state index is 12.8. The molecular formula is C23H25F3N4O2S. The van der Waals surface area contributed by atoms with Gasteiger partial charge in [-0.3, -0.25) is 9.88 Å². The number of aromatic nitrogens is 1. The highest BCUT2D eigenvalue weighted by Crippen LogP contribution is 2.33. The van der Waals surface area contributed by atoms with E-state index in [1.807, 2.05) is 48.3 Å². The van der Waals surface area contributed by atoms with Gasteiger partial charge in [0.05, 0.1) is 29.0 Å². The Kier molecular flexibility index (Phi) is 6.00. The molecular weight excluding hydrogens is 453 g/mol. The quantitative estimate of drug-likeness (QED) is 0.546. The number of hydrogen-bond acceptors (Lipinski definition) is 6. The fourth-order valence-corrected chi connectivity index (χ4v) is 4.92. The molecule has 10 heteroatoms. The maximum Gasteiger partial charge on any atom is 0.501 e. The Bertz CT molecular complexity index is 1260. The third-order valence-corrected chi connectivity index (χ3v) is 7.49. The van der Waals surface area contributed by atoms with Crippen LogP contribution in [0.1, 0.15) is 12.5 Å². The minimum atomic E-state index is -5.35. The van der Waals surface area contributed by atoms with E-state index in [2.05, 4.69) is 22.9 Å². The maximum atomic E-state index is 12.8. The van der Waals surface area contributed by atoms with Gasteiger partial charge in [0.25, 0.3) is 9.84 Å². The number of benzene rings is 2. The molecule has 6 nitrogen and oxygen atoms in total. The first-order valence-electron chi connectivity index (χ1n) is 10.4. The summed E-state index contributed by atoms with van der Waals surface area (Å²) in [5.74, 6) is 0. The molecule has 1 fully saturated rings. The minimum absolute atomic E-state index is 0.186. The monoisotopic (exact) mass is 478 g/mol. The number of alkyl halides is 3. The highest BCUT2D eigenvalue weighted by Gasteiger charge is 2.46. The fourth-order valence-electron chi connectivity index (χ4n) is 4.16. The van der Waals surface area contributed by atoms with Gasteiger partial charge < -0.3 is 9.80 Å². The normalized spacial score (nSPS) is 17.6. The molecule has 33 heavy (non-hydrogen) atoms. The predicted octanol–water partition coefficient (Wildman–Crippen LogP) is 4.26. The molecule has 0 aliphatic carbocycles. The van der Waals surface area contributed by atoms with Gasteiger partial charge in [-0.15, -0.1) is 0 Å². The Hall–Kier alpha value is -2.85. The summed E-state index contributed by atoms with van der Waals surface area (Å²) in [6, 6.07) is 13.1. The third kappa shape index (κ3) is 4.37. The van der Waals surface area contributed by atoms with Gasteiger partial charge in [0.1, 0.15) is 0 Å². The Balaban J connectivity index is 1.58. The lowest BCUT2D eigenvalue weighted by molar-refractivity contribution is -0.0436.